The van der Waals surface area contributed by atoms with Crippen molar-refractivity contribution in [3.63, 3.8) is 0 Å². The highest BCUT2D eigenvalue weighted by atomic mass is 35.5. The molecule has 0 saturated heterocycles. The minimum Gasteiger partial charge on any atom is -0.271 e. The lowest BCUT2D eigenvalue weighted by Crippen LogP contribution is -2.29. The third-order valence-corrected chi connectivity index (χ3v) is 3.63. The SMILES string of the molecule is CCCC(C)CC(NN)c1c(Cl)cccc1Cl. The van der Waals surface area contributed by atoms with Crippen molar-refractivity contribution in [2.45, 2.75) is 39.2 Å². The van der Waals surface area contributed by atoms with Crippen molar-refractivity contribution in [1.29, 1.82) is 0 Å². The van der Waals surface area contributed by atoms with E-state index < -0.39 is 0 Å². The monoisotopic (exact) mass is 274 g/mol. The van der Waals surface area contributed by atoms with E-state index in [0.717, 1.165) is 12.0 Å². The number of nitrogens with one attached hydrogen (secondary N) is 1. The van der Waals surface area contributed by atoms with Crippen LogP contribution < -0.4 is 11.3 Å². The third kappa shape index (κ3) is 4.14. The Morgan fingerprint density at radius 3 is 2.35 bits per heavy atom. The zero-order valence-corrected chi connectivity index (χ0v) is 11.9. The summed E-state index contributed by atoms with van der Waals surface area (Å²) in [5, 5.41) is 1.34. The van der Waals surface area contributed by atoms with E-state index in [-0.39, 0.29) is 6.04 Å². The Kier molecular flexibility index (Phi) is 6.28. The molecule has 0 spiro atoms. The van der Waals surface area contributed by atoms with Crippen LogP contribution in [-0.2, 0) is 0 Å². The van der Waals surface area contributed by atoms with E-state index in [1.54, 1.807) is 0 Å². The van der Waals surface area contributed by atoms with Crippen molar-refractivity contribution >= 4 is 23.2 Å². The largest absolute Gasteiger partial charge is 0.271 e. The van der Waals surface area contributed by atoms with Gasteiger partial charge in [0.2, 0.25) is 0 Å². The van der Waals surface area contributed by atoms with E-state index in [1.165, 1.54) is 12.8 Å². The van der Waals surface area contributed by atoms with Crippen LogP contribution in [0.5, 0.6) is 0 Å². The minimum absolute atomic E-state index is 0.0118. The van der Waals surface area contributed by atoms with Gasteiger partial charge in [0, 0.05) is 21.7 Å². The maximum atomic E-state index is 6.18. The summed E-state index contributed by atoms with van der Waals surface area (Å²) in [4.78, 5) is 0. The summed E-state index contributed by atoms with van der Waals surface area (Å²) < 4.78 is 0. The van der Waals surface area contributed by atoms with Gasteiger partial charge >= 0.3 is 0 Å². The fourth-order valence-corrected chi connectivity index (χ4v) is 2.79. The van der Waals surface area contributed by atoms with Crippen molar-refractivity contribution in [3.05, 3.63) is 33.8 Å². The van der Waals surface area contributed by atoms with Crippen LogP contribution in [0.1, 0.15) is 44.7 Å². The number of halogens is 2. The maximum Gasteiger partial charge on any atom is 0.0492 e. The van der Waals surface area contributed by atoms with Crippen molar-refractivity contribution < 1.29 is 0 Å². The summed E-state index contributed by atoms with van der Waals surface area (Å²) in [5.41, 5.74) is 3.72. The van der Waals surface area contributed by atoms with Crippen LogP contribution >= 0.6 is 23.2 Å². The number of hydrazine groups is 1. The normalized spacial score (nSPS) is 14.6. The Morgan fingerprint density at radius 2 is 1.88 bits per heavy atom. The first kappa shape index (κ1) is 14.8. The second-order valence-electron chi connectivity index (χ2n) is 4.48. The average molecular weight is 275 g/mol. The Labute approximate surface area is 113 Å². The molecular weight excluding hydrogens is 255 g/mol. The van der Waals surface area contributed by atoms with Crippen molar-refractivity contribution in [1.82, 2.24) is 5.43 Å². The molecule has 17 heavy (non-hydrogen) atoms. The lowest BCUT2D eigenvalue weighted by atomic mass is 9.93. The van der Waals surface area contributed by atoms with Gasteiger partial charge in [0.25, 0.3) is 0 Å². The molecule has 2 atom stereocenters. The Morgan fingerprint density at radius 1 is 1.29 bits per heavy atom. The van der Waals surface area contributed by atoms with Crippen LogP contribution in [0, 0.1) is 5.92 Å². The number of nitrogens with two attached hydrogens (primary N) is 1. The van der Waals surface area contributed by atoms with Gasteiger partial charge in [-0.3, -0.25) is 11.3 Å². The molecule has 4 heteroatoms. The predicted octanol–water partition coefficient (Wildman–Crippen LogP) is 4.32. The topological polar surface area (TPSA) is 38.0 Å². The first-order valence-corrected chi connectivity index (χ1v) is 6.75. The van der Waals surface area contributed by atoms with Crippen LogP contribution in [0.15, 0.2) is 18.2 Å². The highest BCUT2D eigenvalue weighted by molar-refractivity contribution is 6.36. The zero-order valence-electron chi connectivity index (χ0n) is 10.3. The first-order valence-electron chi connectivity index (χ1n) is 6.00. The van der Waals surface area contributed by atoms with E-state index in [0.29, 0.717) is 16.0 Å². The molecule has 0 aliphatic carbocycles. The Hall–Kier alpha value is -0.280. The highest BCUT2D eigenvalue weighted by Gasteiger charge is 2.18. The minimum atomic E-state index is 0.0118. The second-order valence-corrected chi connectivity index (χ2v) is 5.30. The fourth-order valence-electron chi connectivity index (χ4n) is 2.13. The second kappa shape index (κ2) is 7.22. The first-order chi connectivity index (χ1) is 8.10. The van der Waals surface area contributed by atoms with Gasteiger partial charge < -0.3 is 0 Å². The molecular formula is C13H20Cl2N2. The molecule has 1 aromatic carbocycles. The lowest BCUT2D eigenvalue weighted by Gasteiger charge is -2.22. The average Bonchev–Trinajstić information content (AvgIpc) is 2.27. The van der Waals surface area contributed by atoms with Crippen molar-refractivity contribution in [2.75, 3.05) is 0 Å². The van der Waals surface area contributed by atoms with Crippen LogP contribution in [0.3, 0.4) is 0 Å². The Bertz CT molecular complexity index is 335. The molecule has 2 nitrogen and oxygen atoms in total. The molecule has 0 bridgehead atoms. The lowest BCUT2D eigenvalue weighted by molar-refractivity contribution is 0.395. The van der Waals surface area contributed by atoms with Crippen molar-refractivity contribution in [3.8, 4) is 0 Å². The summed E-state index contributed by atoms with van der Waals surface area (Å²) in [6.07, 6.45) is 3.29. The quantitative estimate of drug-likeness (QED) is 0.599. The molecule has 0 aliphatic rings. The molecule has 0 saturated carbocycles. The standard InChI is InChI=1S/C13H20Cl2N2/c1-3-5-9(2)8-12(17-16)13-10(14)6-4-7-11(13)15/h4,6-7,9,12,17H,3,5,8,16H2,1-2H3. The van der Waals surface area contributed by atoms with Gasteiger partial charge in [-0.05, 0) is 24.5 Å². The van der Waals surface area contributed by atoms with Gasteiger partial charge in [-0.25, -0.2) is 0 Å². The molecule has 3 N–H and O–H groups in total. The highest BCUT2D eigenvalue weighted by Crippen LogP contribution is 2.33. The molecule has 0 heterocycles. The molecule has 0 amide bonds. The summed E-state index contributed by atoms with van der Waals surface area (Å²) >= 11 is 12.4. The van der Waals surface area contributed by atoms with E-state index in [1.807, 2.05) is 18.2 Å². The van der Waals surface area contributed by atoms with Crippen LogP contribution in [-0.4, -0.2) is 0 Å². The third-order valence-electron chi connectivity index (χ3n) is 2.97. The van der Waals surface area contributed by atoms with Gasteiger partial charge in [0.05, 0.1) is 0 Å². The molecule has 0 radical (unpaired) electrons. The van der Waals surface area contributed by atoms with Crippen LogP contribution in [0.4, 0.5) is 0 Å². The molecule has 0 fully saturated rings. The number of rotatable bonds is 6. The van der Waals surface area contributed by atoms with E-state index in [9.17, 15) is 0 Å². The van der Waals surface area contributed by atoms with E-state index >= 15 is 0 Å². The van der Waals surface area contributed by atoms with E-state index in [4.69, 9.17) is 29.0 Å². The van der Waals surface area contributed by atoms with Gasteiger partial charge in [0.15, 0.2) is 0 Å². The van der Waals surface area contributed by atoms with Gasteiger partial charge in [-0.1, -0.05) is 56.0 Å². The number of benzene rings is 1. The van der Waals surface area contributed by atoms with E-state index in [2.05, 4.69) is 19.3 Å². The molecule has 0 aromatic heterocycles. The molecule has 96 valence electrons. The summed E-state index contributed by atoms with van der Waals surface area (Å²) in [6, 6.07) is 5.55. The van der Waals surface area contributed by atoms with Gasteiger partial charge in [0.1, 0.15) is 0 Å². The zero-order chi connectivity index (χ0) is 12.8. The maximum absolute atomic E-state index is 6.18. The smallest absolute Gasteiger partial charge is 0.0492 e. The van der Waals surface area contributed by atoms with Gasteiger partial charge in [-0.15, -0.1) is 0 Å². The molecule has 1 aromatic rings. The molecule has 2 unspecified atom stereocenters. The van der Waals surface area contributed by atoms with Gasteiger partial charge in [-0.2, -0.15) is 0 Å². The number of hydrogen-bond acceptors (Lipinski definition) is 2. The fraction of sp³-hybridized carbons (Fsp3) is 0.538. The number of hydrogen-bond donors (Lipinski definition) is 2. The van der Waals surface area contributed by atoms with Crippen LogP contribution in [0.2, 0.25) is 10.0 Å². The molecule has 1 rings (SSSR count). The predicted molar refractivity (Wildman–Crippen MR) is 75.2 cm³/mol. The summed E-state index contributed by atoms with van der Waals surface area (Å²) in [5.74, 6) is 6.21. The van der Waals surface area contributed by atoms with Crippen LogP contribution in [0.25, 0.3) is 0 Å². The van der Waals surface area contributed by atoms with Crippen molar-refractivity contribution in [2.24, 2.45) is 11.8 Å². The Balaban J connectivity index is 2.86. The summed E-state index contributed by atoms with van der Waals surface area (Å²) in [7, 11) is 0. The summed E-state index contributed by atoms with van der Waals surface area (Å²) in [6.45, 7) is 4.41. The molecule has 0 aliphatic heterocycles.